The van der Waals surface area contributed by atoms with Gasteiger partial charge in [0.25, 0.3) is 0 Å². The summed E-state index contributed by atoms with van der Waals surface area (Å²) >= 11 is 0. The first-order chi connectivity index (χ1) is 19.6. The first-order valence-corrected chi connectivity index (χ1v) is 13.9. The van der Waals surface area contributed by atoms with E-state index in [0.717, 1.165) is 0 Å². The molecule has 1 aromatic carbocycles. The molecule has 9 nitrogen and oxygen atoms in total. The SMILES string of the molecule is CC1C(O)CCC2(C)C1CC(OC(=O)c1ccc(C#N)cc1)C1(C)Oc3cc(-c4cccnc4)oc(=O)c3C(O)C21. The monoisotopic (exact) mass is 556 g/mol. The molecule has 212 valence electrons. The van der Waals surface area contributed by atoms with Crippen molar-refractivity contribution < 1.29 is 28.9 Å². The number of carbonyl (C=O) groups is 1. The number of benzene rings is 1. The third kappa shape index (κ3) is 4.25. The van der Waals surface area contributed by atoms with Crippen LogP contribution >= 0.6 is 0 Å². The Labute approximate surface area is 237 Å². The van der Waals surface area contributed by atoms with Gasteiger partial charge in [0.2, 0.25) is 0 Å². The zero-order chi connectivity index (χ0) is 29.1. The Kier molecular flexibility index (Phi) is 6.51. The predicted octanol–water partition coefficient (Wildman–Crippen LogP) is 4.42. The number of nitriles is 1. The molecule has 0 saturated heterocycles. The molecule has 2 fully saturated rings. The summed E-state index contributed by atoms with van der Waals surface area (Å²) in [6, 6.07) is 13.3. The van der Waals surface area contributed by atoms with Gasteiger partial charge in [-0.05, 0) is 79.8 Å². The van der Waals surface area contributed by atoms with E-state index in [0.29, 0.717) is 30.4 Å². The van der Waals surface area contributed by atoms with Gasteiger partial charge in [0.1, 0.15) is 28.8 Å². The Hall–Kier alpha value is -4.00. The number of aromatic nitrogens is 1. The lowest BCUT2D eigenvalue weighted by Gasteiger charge is -2.63. The van der Waals surface area contributed by atoms with Gasteiger partial charge in [-0.25, -0.2) is 9.59 Å². The highest BCUT2D eigenvalue weighted by Gasteiger charge is 2.67. The van der Waals surface area contributed by atoms with E-state index in [-0.39, 0.29) is 34.5 Å². The van der Waals surface area contributed by atoms with Crippen LogP contribution < -0.4 is 10.4 Å². The quantitative estimate of drug-likeness (QED) is 0.448. The number of carbonyl (C=O) groups excluding carboxylic acids is 1. The standard InChI is InChI=1S/C32H32N2O7/c1-17-21-13-25(40-29(37)19-8-6-18(15-33)7-9-19)32(3)28(31(21,2)11-10-22(17)35)27(36)26-24(41-32)14-23(39-30(26)38)20-5-4-12-34-16-20/h4-9,12,14,16-17,21-22,25,27-28,35-36H,10-11,13H2,1-3H3. The number of aliphatic hydroxyl groups excluding tert-OH is 2. The molecule has 0 spiro atoms. The number of esters is 1. The summed E-state index contributed by atoms with van der Waals surface area (Å²) in [6.45, 7) is 5.88. The highest BCUT2D eigenvalue weighted by molar-refractivity contribution is 5.89. The first kappa shape index (κ1) is 27.2. The highest BCUT2D eigenvalue weighted by Crippen LogP contribution is 2.64. The average molecular weight is 557 g/mol. The third-order valence-electron chi connectivity index (χ3n) is 9.84. The van der Waals surface area contributed by atoms with Crippen LogP contribution in [0, 0.1) is 34.5 Å². The summed E-state index contributed by atoms with van der Waals surface area (Å²) in [5.74, 6) is -1.05. The van der Waals surface area contributed by atoms with Crippen molar-refractivity contribution >= 4 is 5.97 Å². The molecule has 2 N–H and O–H groups in total. The fourth-order valence-electron chi connectivity index (χ4n) is 7.70. The Morgan fingerprint density at radius 1 is 1.20 bits per heavy atom. The second-order valence-corrected chi connectivity index (χ2v) is 12.0. The molecule has 9 heteroatoms. The molecular weight excluding hydrogens is 524 g/mol. The maximum absolute atomic E-state index is 13.4. The van der Waals surface area contributed by atoms with Crippen LogP contribution in [0.15, 0.2) is 64.1 Å². The van der Waals surface area contributed by atoms with Crippen molar-refractivity contribution in [3.63, 3.8) is 0 Å². The largest absolute Gasteiger partial charge is 0.482 e. The lowest BCUT2D eigenvalue weighted by Crippen LogP contribution is -2.69. The summed E-state index contributed by atoms with van der Waals surface area (Å²) < 4.78 is 18.5. The molecule has 0 bridgehead atoms. The van der Waals surface area contributed by atoms with Crippen LogP contribution in [0.2, 0.25) is 0 Å². The van der Waals surface area contributed by atoms with Gasteiger partial charge >= 0.3 is 11.6 Å². The molecule has 2 aliphatic carbocycles. The number of fused-ring (bicyclic) bond motifs is 4. The van der Waals surface area contributed by atoms with Crippen molar-refractivity contribution in [2.75, 3.05) is 0 Å². The topological polar surface area (TPSA) is 143 Å². The van der Waals surface area contributed by atoms with Crippen LogP contribution in [-0.2, 0) is 4.74 Å². The van der Waals surface area contributed by atoms with E-state index in [1.165, 1.54) is 12.1 Å². The Balaban J connectivity index is 1.46. The summed E-state index contributed by atoms with van der Waals surface area (Å²) in [5.41, 5.74) is -1.11. The minimum Gasteiger partial charge on any atom is -0.482 e. The number of rotatable bonds is 3. The second-order valence-electron chi connectivity index (χ2n) is 12.0. The molecule has 6 rings (SSSR count). The van der Waals surface area contributed by atoms with Crippen molar-refractivity contribution in [3.05, 3.63) is 82.0 Å². The van der Waals surface area contributed by atoms with E-state index in [1.807, 2.05) is 19.9 Å². The van der Waals surface area contributed by atoms with E-state index < -0.39 is 46.8 Å². The van der Waals surface area contributed by atoms with E-state index in [9.17, 15) is 19.8 Å². The van der Waals surface area contributed by atoms with Crippen LogP contribution in [0.5, 0.6) is 5.75 Å². The van der Waals surface area contributed by atoms with E-state index in [4.69, 9.17) is 19.2 Å². The van der Waals surface area contributed by atoms with E-state index in [2.05, 4.69) is 11.9 Å². The lowest BCUT2D eigenvalue weighted by molar-refractivity contribution is -0.241. The molecule has 0 radical (unpaired) electrons. The molecule has 3 aromatic rings. The minimum atomic E-state index is -1.26. The molecular formula is C32H32N2O7. The fourth-order valence-corrected chi connectivity index (χ4v) is 7.70. The number of aliphatic hydroxyl groups is 2. The van der Waals surface area contributed by atoms with Crippen LogP contribution in [-0.4, -0.2) is 39.0 Å². The molecule has 8 atom stereocenters. The van der Waals surface area contributed by atoms with Gasteiger partial charge in [-0.15, -0.1) is 0 Å². The normalized spacial score (nSPS) is 33.8. The average Bonchev–Trinajstić information content (AvgIpc) is 2.96. The number of pyridine rings is 1. The maximum Gasteiger partial charge on any atom is 0.345 e. The lowest BCUT2D eigenvalue weighted by atomic mass is 9.46. The van der Waals surface area contributed by atoms with Crippen molar-refractivity contribution in [3.8, 4) is 23.1 Å². The van der Waals surface area contributed by atoms with Gasteiger partial charge in [0, 0.05) is 29.9 Å². The fraction of sp³-hybridized carbons (Fsp3) is 0.438. The summed E-state index contributed by atoms with van der Waals surface area (Å²) in [5, 5.41) is 31.9. The zero-order valence-corrected chi connectivity index (χ0v) is 23.1. The smallest absolute Gasteiger partial charge is 0.345 e. The van der Waals surface area contributed by atoms with Crippen LogP contribution in [0.25, 0.3) is 11.3 Å². The van der Waals surface area contributed by atoms with Crippen molar-refractivity contribution in [1.29, 1.82) is 5.26 Å². The van der Waals surface area contributed by atoms with E-state index >= 15 is 0 Å². The van der Waals surface area contributed by atoms with Gasteiger partial charge in [0.15, 0.2) is 0 Å². The van der Waals surface area contributed by atoms with Crippen LogP contribution in [0.4, 0.5) is 0 Å². The van der Waals surface area contributed by atoms with Gasteiger partial charge in [-0.3, -0.25) is 4.98 Å². The summed E-state index contributed by atoms with van der Waals surface area (Å²) in [7, 11) is 0. The molecule has 0 amide bonds. The van der Waals surface area contributed by atoms with Crippen molar-refractivity contribution in [2.24, 2.45) is 23.2 Å². The Morgan fingerprint density at radius 3 is 2.63 bits per heavy atom. The third-order valence-corrected chi connectivity index (χ3v) is 9.84. The highest BCUT2D eigenvalue weighted by atomic mass is 16.6. The molecule has 3 heterocycles. The van der Waals surface area contributed by atoms with Gasteiger partial charge in [-0.1, -0.05) is 13.8 Å². The number of hydrogen-bond donors (Lipinski definition) is 2. The predicted molar refractivity (Wildman–Crippen MR) is 147 cm³/mol. The first-order valence-electron chi connectivity index (χ1n) is 13.9. The summed E-state index contributed by atoms with van der Waals surface area (Å²) in [4.78, 5) is 30.8. The van der Waals surface area contributed by atoms with Crippen LogP contribution in [0.3, 0.4) is 0 Å². The molecule has 2 saturated carbocycles. The van der Waals surface area contributed by atoms with Crippen molar-refractivity contribution in [1.82, 2.24) is 4.98 Å². The molecule has 3 aliphatic rings. The summed E-state index contributed by atoms with van der Waals surface area (Å²) in [6.07, 6.45) is 2.14. The maximum atomic E-state index is 13.4. The number of ether oxygens (including phenoxy) is 2. The van der Waals surface area contributed by atoms with Gasteiger partial charge < -0.3 is 24.1 Å². The van der Waals surface area contributed by atoms with Gasteiger partial charge in [-0.2, -0.15) is 5.26 Å². The molecule has 8 unspecified atom stereocenters. The Morgan fingerprint density at radius 2 is 1.95 bits per heavy atom. The minimum absolute atomic E-state index is 0.0398. The zero-order valence-electron chi connectivity index (χ0n) is 23.1. The van der Waals surface area contributed by atoms with Crippen LogP contribution in [0.1, 0.15) is 67.6 Å². The van der Waals surface area contributed by atoms with Gasteiger partial charge in [0.05, 0.1) is 29.4 Å². The molecule has 41 heavy (non-hydrogen) atoms. The molecule has 2 aromatic heterocycles. The number of hydrogen-bond acceptors (Lipinski definition) is 9. The number of nitrogens with zero attached hydrogens (tertiary/aromatic N) is 2. The van der Waals surface area contributed by atoms with E-state index in [1.54, 1.807) is 42.7 Å². The Bertz CT molecular complexity index is 1580. The molecule has 1 aliphatic heterocycles. The second kappa shape index (κ2) is 9.82. The van der Waals surface area contributed by atoms with Crippen molar-refractivity contribution in [2.45, 2.75) is 63.9 Å².